The van der Waals surface area contributed by atoms with Gasteiger partial charge >= 0.3 is 0 Å². The van der Waals surface area contributed by atoms with Crippen molar-refractivity contribution in [2.24, 2.45) is 7.05 Å². The molecular weight excluding hydrogens is 398 g/mol. The first-order valence-electron chi connectivity index (χ1n) is 7.69. The Morgan fingerprint density at radius 1 is 1.04 bits per heavy atom. The van der Waals surface area contributed by atoms with Gasteiger partial charge in [-0.05, 0) is 54.7 Å². The first-order chi connectivity index (χ1) is 12.1. The highest BCUT2D eigenvalue weighted by molar-refractivity contribution is 9.10. The zero-order valence-electron chi connectivity index (χ0n) is 13.3. The van der Waals surface area contributed by atoms with Crippen LogP contribution in [-0.2, 0) is 7.05 Å². The van der Waals surface area contributed by atoms with Crippen LogP contribution in [0.2, 0.25) is 0 Å². The number of pyridine rings is 1. The number of benzene rings is 2. The van der Waals surface area contributed by atoms with E-state index in [0.29, 0.717) is 16.0 Å². The van der Waals surface area contributed by atoms with Crippen LogP contribution in [0.5, 0.6) is 5.75 Å². The minimum Gasteiger partial charge on any atom is -0.507 e. The molecule has 2 aromatic carbocycles. The van der Waals surface area contributed by atoms with Gasteiger partial charge in [0.05, 0.1) is 11.2 Å². The van der Waals surface area contributed by atoms with Crippen LogP contribution in [0.1, 0.15) is 0 Å². The van der Waals surface area contributed by atoms with Gasteiger partial charge in [-0.15, -0.1) is 0 Å². The lowest BCUT2D eigenvalue weighted by molar-refractivity contribution is 0.477. The number of rotatable bonds is 2. The molecule has 2 aromatic heterocycles. The summed E-state index contributed by atoms with van der Waals surface area (Å²) in [6.45, 7) is 0. The standard InChI is InChI=1S/C19H14BrN3OS/c1-22-16-9-8-15(14-11-12(20)7-10-17(14)24)21-18(16)23(19(22)25)13-5-3-2-4-6-13/h2-11,24H,1H3. The Bertz CT molecular complexity index is 1150. The number of imidazole rings is 1. The summed E-state index contributed by atoms with van der Waals surface area (Å²) < 4.78 is 5.44. The van der Waals surface area contributed by atoms with Crippen molar-refractivity contribution in [3.05, 3.63) is 69.9 Å². The zero-order valence-corrected chi connectivity index (χ0v) is 15.8. The molecule has 25 heavy (non-hydrogen) atoms. The summed E-state index contributed by atoms with van der Waals surface area (Å²) in [6, 6.07) is 19.1. The van der Waals surface area contributed by atoms with E-state index in [-0.39, 0.29) is 5.75 Å². The normalized spacial score (nSPS) is 11.1. The lowest BCUT2D eigenvalue weighted by Gasteiger charge is -2.07. The van der Waals surface area contributed by atoms with Crippen LogP contribution in [0.4, 0.5) is 0 Å². The minimum absolute atomic E-state index is 0.191. The molecule has 4 aromatic rings. The number of hydrogen-bond acceptors (Lipinski definition) is 3. The van der Waals surface area contributed by atoms with E-state index in [1.165, 1.54) is 0 Å². The molecule has 124 valence electrons. The molecule has 0 aliphatic heterocycles. The maximum absolute atomic E-state index is 10.2. The molecule has 0 saturated carbocycles. The van der Waals surface area contributed by atoms with E-state index in [1.54, 1.807) is 12.1 Å². The van der Waals surface area contributed by atoms with Crippen molar-refractivity contribution in [3.8, 4) is 22.7 Å². The fraction of sp³-hybridized carbons (Fsp3) is 0.0526. The fourth-order valence-corrected chi connectivity index (χ4v) is 3.54. The van der Waals surface area contributed by atoms with Crippen LogP contribution >= 0.6 is 28.1 Å². The lowest BCUT2D eigenvalue weighted by atomic mass is 10.1. The molecule has 4 rings (SSSR count). The van der Waals surface area contributed by atoms with Gasteiger partial charge < -0.3 is 9.67 Å². The first-order valence-corrected chi connectivity index (χ1v) is 8.89. The van der Waals surface area contributed by atoms with Gasteiger partial charge in [-0.3, -0.25) is 4.57 Å². The molecule has 0 spiro atoms. The van der Waals surface area contributed by atoms with Crippen LogP contribution in [0.15, 0.2) is 65.1 Å². The molecule has 2 heterocycles. The van der Waals surface area contributed by atoms with Gasteiger partial charge in [-0.25, -0.2) is 4.98 Å². The van der Waals surface area contributed by atoms with Crippen LogP contribution in [0, 0.1) is 4.77 Å². The SMILES string of the molecule is Cn1c(=S)n(-c2ccccc2)c2nc(-c3cc(Br)ccc3O)ccc21. The van der Waals surface area contributed by atoms with Gasteiger partial charge in [-0.1, -0.05) is 34.1 Å². The first kappa shape index (κ1) is 16.1. The second-order valence-electron chi connectivity index (χ2n) is 5.71. The summed E-state index contributed by atoms with van der Waals surface area (Å²) in [6.07, 6.45) is 0. The van der Waals surface area contributed by atoms with Crippen LogP contribution < -0.4 is 0 Å². The highest BCUT2D eigenvalue weighted by Crippen LogP contribution is 2.32. The quantitative estimate of drug-likeness (QED) is 0.459. The number of aromatic hydroxyl groups is 1. The molecule has 0 saturated heterocycles. The summed E-state index contributed by atoms with van der Waals surface area (Å²) in [5.41, 5.74) is 4.02. The minimum atomic E-state index is 0.191. The lowest BCUT2D eigenvalue weighted by Crippen LogP contribution is -1.96. The van der Waals surface area contributed by atoms with E-state index in [0.717, 1.165) is 21.3 Å². The molecule has 1 N–H and O–H groups in total. The molecule has 0 atom stereocenters. The van der Waals surface area contributed by atoms with Crippen molar-refractivity contribution in [2.75, 3.05) is 0 Å². The number of phenolic OH excluding ortho intramolecular Hbond substituents is 1. The number of fused-ring (bicyclic) bond motifs is 1. The Kier molecular flexibility index (Phi) is 3.94. The zero-order chi connectivity index (χ0) is 17.6. The summed E-state index contributed by atoms with van der Waals surface area (Å²) in [5, 5.41) is 10.2. The van der Waals surface area contributed by atoms with Crippen molar-refractivity contribution in [1.29, 1.82) is 0 Å². The van der Waals surface area contributed by atoms with Crippen LogP contribution in [0.25, 0.3) is 28.1 Å². The van der Waals surface area contributed by atoms with Crippen molar-refractivity contribution in [2.45, 2.75) is 0 Å². The maximum atomic E-state index is 10.2. The number of phenols is 1. The van der Waals surface area contributed by atoms with E-state index in [1.807, 2.05) is 64.7 Å². The Hall–Kier alpha value is -2.44. The van der Waals surface area contributed by atoms with Gasteiger partial charge in [0, 0.05) is 22.8 Å². The summed E-state index contributed by atoms with van der Waals surface area (Å²) >= 11 is 9.06. The van der Waals surface area contributed by atoms with Gasteiger partial charge in [0.1, 0.15) is 5.75 Å². The Labute approximate surface area is 158 Å². The van der Waals surface area contributed by atoms with E-state index in [9.17, 15) is 5.11 Å². The highest BCUT2D eigenvalue weighted by atomic mass is 79.9. The van der Waals surface area contributed by atoms with Crippen molar-refractivity contribution in [3.63, 3.8) is 0 Å². The molecule has 0 fully saturated rings. The molecule has 0 aliphatic rings. The number of para-hydroxylation sites is 1. The number of nitrogens with zero attached hydrogens (tertiary/aromatic N) is 3. The maximum Gasteiger partial charge on any atom is 0.186 e. The number of aromatic nitrogens is 3. The second kappa shape index (κ2) is 6.13. The largest absolute Gasteiger partial charge is 0.507 e. The molecule has 0 radical (unpaired) electrons. The average Bonchev–Trinajstić information content (AvgIpc) is 2.88. The van der Waals surface area contributed by atoms with Gasteiger partial charge in [-0.2, -0.15) is 0 Å². The average molecular weight is 412 g/mol. The van der Waals surface area contributed by atoms with Gasteiger partial charge in [0.15, 0.2) is 10.4 Å². The van der Waals surface area contributed by atoms with Crippen molar-refractivity contribution >= 4 is 39.3 Å². The second-order valence-corrected chi connectivity index (χ2v) is 6.99. The third-order valence-corrected chi connectivity index (χ3v) is 5.10. The van der Waals surface area contributed by atoms with Crippen LogP contribution in [-0.4, -0.2) is 19.2 Å². The van der Waals surface area contributed by atoms with Gasteiger partial charge in [0.25, 0.3) is 0 Å². The van der Waals surface area contributed by atoms with Crippen LogP contribution in [0.3, 0.4) is 0 Å². The van der Waals surface area contributed by atoms with E-state index < -0.39 is 0 Å². The topological polar surface area (TPSA) is 43.0 Å². The monoisotopic (exact) mass is 411 g/mol. The Balaban J connectivity index is 2.03. The predicted octanol–water partition coefficient (Wildman–Crippen LogP) is 5.23. The number of hydrogen-bond donors (Lipinski definition) is 1. The molecule has 0 bridgehead atoms. The van der Waals surface area contributed by atoms with Crippen molar-refractivity contribution in [1.82, 2.24) is 14.1 Å². The van der Waals surface area contributed by atoms with E-state index in [4.69, 9.17) is 17.2 Å². The molecule has 0 aliphatic carbocycles. The van der Waals surface area contributed by atoms with E-state index >= 15 is 0 Å². The summed E-state index contributed by atoms with van der Waals surface area (Å²) in [7, 11) is 1.93. The molecule has 0 amide bonds. The summed E-state index contributed by atoms with van der Waals surface area (Å²) in [5.74, 6) is 0.191. The van der Waals surface area contributed by atoms with E-state index in [2.05, 4.69) is 15.9 Å². The third kappa shape index (κ3) is 2.67. The molecule has 6 heteroatoms. The number of aryl methyl sites for hydroxylation is 1. The Morgan fingerprint density at radius 2 is 1.80 bits per heavy atom. The van der Waals surface area contributed by atoms with Gasteiger partial charge in [0.2, 0.25) is 0 Å². The summed E-state index contributed by atoms with van der Waals surface area (Å²) in [4.78, 5) is 4.80. The Morgan fingerprint density at radius 3 is 2.56 bits per heavy atom. The highest BCUT2D eigenvalue weighted by Gasteiger charge is 2.14. The smallest absolute Gasteiger partial charge is 0.186 e. The van der Waals surface area contributed by atoms with Crippen molar-refractivity contribution < 1.29 is 5.11 Å². The fourth-order valence-electron chi connectivity index (χ4n) is 2.88. The molecule has 4 nitrogen and oxygen atoms in total. The molecule has 0 unspecified atom stereocenters. The third-order valence-electron chi connectivity index (χ3n) is 4.15. The predicted molar refractivity (Wildman–Crippen MR) is 106 cm³/mol. The molecular formula is C19H14BrN3OS. The number of halogens is 1.